The molecule has 1 N–H and O–H groups in total. The van der Waals surface area contributed by atoms with E-state index in [1.165, 1.54) is 42.7 Å². The molecule has 7 heteroatoms. The Morgan fingerprint density at radius 3 is 2.53 bits per heavy atom. The molecule has 0 atom stereocenters. The molecule has 4 rings (SSSR count). The van der Waals surface area contributed by atoms with Crippen LogP contribution < -0.4 is 15.0 Å². The molecule has 2 aromatic rings. The molecule has 2 heterocycles. The van der Waals surface area contributed by atoms with Gasteiger partial charge in [-0.2, -0.15) is 0 Å². The molecule has 1 saturated heterocycles. The summed E-state index contributed by atoms with van der Waals surface area (Å²) >= 11 is 0. The number of anilines is 1. The minimum Gasteiger partial charge on any atom is -0.449 e. The molecule has 168 valence electrons. The van der Waals surface area contributed by atoms with Crippen molar-refractivity contribution in [2.75, 3.05) is 37.6 Å². The average molecular weight is 438 g/mol. The first-order chi connectivity index (χ1) is 15.6. The van der Waals surface area contributed by atoms with Crippen molar-refractivity contribution in [3.8, 4) is 5.75 Å². The molecule has 1 fully saturated rings. The molecule has 0 bridgehead atoms. The van der Waals surface area contributed by atoms with Gasteiger partial charge in [-0.3, -0.25) is 14.5 Å². The SMILES string of the molecule is O=C(CN1C(=O)/C(=C/c2ccccc2F)Oc2ccccc21)NCCN1CCCCCC1. The van der Waals surface area contributed by atoms with Crippen LogP contribution in [0, 0.1) is 5.82 Å². The Bertz CT molecular complexity index is 999. The van der Waals surface area contributed by atoms with Crippen LogP contribution in [0.5, 0.6) is 5.75 Å². The fourth-order valence-electron chi connectivity index (χ4n) is 4.07. The van der Waals surface area contributed by atoms with Crippen LogP contribution in [-0.2, 0) is 9.59 Å². The summed E-state index contributed by atoms with van der Waals surface area (Å²) in [6.07, 6.45) is 6.31. The van der Waals surface area contributed by atoms with Crippen molar-refractivity contribution in [3.63, 3.8) is 0 Å². The van der Waals surface area contributed by atoms with Crippen LogP contribution in [0.15, 0.2) is 54.3 Å². The van der Waals surface area contributed by atoms with Gasteiger partial charge in [-0.25, -0.2) is 4.39 Å². The van der Waals surface area contributed by atoms with Gasteiger partial charge in [-0.15, -0.1) is 0 Å². The van der Waals surface area contributed by atoms with E-state index >= 15 is 0 Å². The standard InChI is InChI=1S/C25H28FN3O3/c26-20-10-4-3-9-19(20)17-23-25(31)29(21-11-5-6-12-22(21)32-23)18-24(30)27-13-16-28-14-7-1-2-8-15-28/h3-6,9-12,17H,1-2,7-8,13-16,18H2,(H,27,30)/b23-17-. The maximum atomic E-state index is 14.1. The fourth-order valence-corrected chi connectivity index (χ4v) is 4.07. The minimum atomic E-state index is -0.477. The van der Waals surface area contributed by atoms with Gasteiger partial charge in [-0.1, -0.05) is 43.2 Å². The normalized spacial score (nSPS) is 18.1. The molecule has 2 aromatic carbocycles. The number of nitrogens with one attached hydrogen (secondary N) is 1. The quantitative estimate of drug-likeness (QED) is 0.702. The van der Waals surface area contributed by atoms with Crippen molar-refractivity contribution in [2.24, 2.45) is 0 Å². The van der Waals surface area contributed by atoms with Crippen LogP contribution in [0.3, 0.4) is 0 Å². The monoisotopic (exact) mass is 437 g/mol. The summed E-state index contributed by atoms with van der Waals surface area (Å²) in [7, 11) is 0. The smallest absolute Gasteiger partial charge is 0.294 e. The maximum absolute atomic E-state index is 14.1. The van der Waals surface area contributed by atoms with Crippen LogP contribution in [0.1, 0.15) is 31.2 Å². The van der Waals surface area contributed by atoms with E-state index < -0.39 is 11.7 Å². The topological polar surface area (TPSA) is 61.9 Å². The van der Waals surface area contributed by atoms with Crippen LogP contribution >= 0.6 is 0 Å². The number of fused-ring (bicyclic) bond motifs is 1. The molecule has 0 aliphatic carbocycles. The van der Waals surface area contributed by atoms with Gasteiger partial charge >= 0.3 is 0 Å². The molecule has 2 amide bonds. The molecule has 6 nitrogen and oxygen atoms in total. The molecule has 32 heavy (non-hydrogen) atoms. The molecule has 2 aliphatic heterocycles. The Morgan fingerprint density at radius 2 is 1.75 bits per heavy atom. The Balaban J connectivity index is 1.45. The van der Waals surface area contributed by atoms with Crippen LogP contribution in [0.25, 0.3) is 6.08 Å². The molecule has 0 radical (unpaired) electrons. The van der Waals surface area contributed by atoms with E-state index in [0.29, 0.717) is 18.0 Å². The minimum absolute atomic E-state index is 0.0221. The van der Waals surface area contributed by atoms with Crippen molar-refractivity contribution in [1.82, 2.24) is 10.2 Å². The number of carbonyl (C=O) groups is 2. The van der Waals surface area contributed by atoms with E-state index in [-0.39, 0.29) is 23.8 Å². The second kappa shape index (κ2) is 10.4. The zero-order valence-electron chi connectivity index (χ0n) is 18.1. The molecular formula is C25H28FN3O3. The third-order valence-corrected chi connectivity index (χ3v) is 5.77. The summed E-state index contributed by atoms with van der Waals surface area (Å²) in [6.45, 7) is 3.34. The van der Waals surface area contributed by atoms with Crippen molar-refractivity contribution >= 4 is 23.6 Å². The number of carbonyl (C=O) groups excluding carboxylic acids is 2. The van der Waals surface area contributed by atoms with Crippen LogP contribution in [-0.4, -0.2) is 49.4 Å². The third kappa shape index (κ3) is 5.34. The van der Waals surface area contributed by atoms with Gasteiger partial charge < -0.3 is 15.0 Å². The van der Waals surface area contributed by atoms with Gasteiger partial charge in [0, 0.05) is 18.7 Å². The number of likely N-dealkylation sites (tertiary alicyclic amines) is 1. The Hall–Kier alpha value is -3.19. The maximum Gasteiger partial charge on any atom is 0.294 e. The van der Waals surface area contributed by atoms with Crippen molar-refractivity contribution in [3.05, 3.63) is 65.7 Å². The van der Waals surface area contributed by atoms with Gasteiger partial charge in [0.2, 0.25) is 5.91 Å². The lowest BCUT2D eigenvalue weighted by atomic mass is 10.1. The average Bonchev–Trinajstić information content (AvgIpc) is 3.07. The zero-order valence-corrected chi connectivity index (χ0v) is 18.1. The number of amides is 2. The number of nitrogens with zero attached hydrogens (tertiary/aromatic N) is 2. The van der Waals surface area contributed by atoms with E-state index in [2.05, 4.69) is 10.2 Å². The third-order valence-electron chi connectivity index (χ3n) is 5.77. The molecule has 0 aromatic heterocycles. The Labute approximate surface area is 187 Å². The number of halogens is 1. The number of hydrogen-bond acceptors (Lipinski definition) is 4. The van der Waals surface area contributed by atoms with E-state index in [4.69, 9.17) is 4.74 Å². The predicted molar refractivity (Wildman–Crippen MR) is 122 cm³/mol. The van der Waals surface area contributed by atoms with Gasteiger partial charge in [0.05, 0.1) is 5.69 Å². The van der Waals surface area contributed by atoms with E-state index in [1.807, 2.05) is 0 Å². The second-order valence-corrected chi connectivity index (χ2v) is 8.10. The first kappa shape index (κ1) is 22.0. The van der Waals surface area contributed by atoms with E-state index in [0.717, 1.165) is 19.6 Å². The van der Waals surface area contributed by atoms with Crippen molar-refractivity contribution in [1.29, 1.82) is 0 Å². The lowest BCUT2D eigenvalue weighted by molar-refractivity contribution is -0.123. The highest BCUT2D eigenvalue weighted by Gasteiger charge is 2.31. The highest BCUT2D eigenvalue weighted by atomic mass is 19.1. The van der Waals surface area contributed by atoms with E-state index in [1.54, 1.807) is 42.5 Å². The lowest BCUT2D eigenvalue weighted by Crippen LogP contribution is -2.45. The van der Waals surface area contributed by atoms with Gasteiger partial charge in [0.25, 0.3) is 5.91 Å². The molecular weight excluding hydrogens is 409 g/mol. The number of hydrogen-bond donors (Lipinski definition) is 1. The number of rotatable bonds is 6. The second-order valence-electron chi connectivity index (χ2n) is 8.10. The molecule has 0 spiro atoms. The van der Waals surface area contributed by atoms with E-state index in [9.17, 15) is 14.0 Å². The van der Waals surface area contributed by atoms with Crippen molar-refractivity contribution in [2.45, 2.75) is 25.7 Å². The lowest BCUT2D eigenvalue weighted by Gasteiger charge is -2.30. The molecule has 0 saturated carbocycles. The summed E-state index contributed by atoms with van der Waals surface area (Å²) in [5.41, 5.74) is 0.767. The van der Waals surface area contributed by atoms with Gasteiger partial charge in [-0.05, 0) is 50.2 Å². The Kier molecular flexibility index (Phi) is 7.17. The summed E-state index contributed by atoms with van der Waals surface area (Å²) in [5, 5.41) is 2.93. The largest absolute Gasteiger partial charge is 0.449 e. The molecule has 0 unspecified atom stereocenters. The zero-order chi connectivity index (χ0) is 22.3. The summed E-state index contributed by atoms with van der Waals surface area (Å²) in [5.74, 6) is -0.740. The summed E-state index contributed by atoms with van der Waals surface area (Å²) in [4.78, 5) is 29.5. The summed E-state index contributed by atoms with van der Waals surface area (Å²) in [6, 6.07) is 13.2. The predicted octanol–water partition coefficient (Wildman–Crippen LogP) is 3.58. The molecule has 2 aliphatic rings. The summed E-state index contributed by atoms with van der Waals surface area (Å²) < 4.78 is 19.9. The first-order valence-electron chi connectivity index (χ1n) is 11.2. The first-order valence-corrected chi connectivity index (χ1v) is 11.2. The number of ether oxygens (including phenoxy) is 1. The van der Waals surface area contributed by atoms with Gasteiger partial charge in [0.15, 0.2) is 11.5 Å². The number of para-hydroxylation sites is 2. The van der Waals surface area contributed by atoms with Crippen LogP contribution in [0.4, 0.5) is 10.1 Å². The van der Waals surface area contributed by atoms with Gasteiger partial charge in [0.1, 0.15) is 12.4 Å². The fraction of sp³-hybridized carbons (Fsp3) is 0.360. The van der Waals surface area contributed by atoms with Crippen LogP contribution in [0.2, 0.25) is 0 Å². The number of benzene rings is 2. The Morgan fingerprint density at radius 1 is 1.03 bits per heavy atom. The highest BCUT2D eigenvalue weighted by Crippen LogP contribution is 2.35. The highest BCUT2D eigenvalue weighted by molar-refractivity contribution is 6.12. The van der Waals surface area contributed by atoms with Crippen molar-refractivity contribution < 1.29 is 18.7 Å².